The number of amides is 1. The van der Waals surface area contributed by atoms with Crippen molar-refractivity contribution >= 4 is 23.5 Å². The molecule has 0 radical (unpaired) electrons. The van der Waals surface area contributed by atoms with Crippen molar-refractivity contribution in [3.63, 3.8) is 0 Å². The summed E-state index contributed by atoms with van der Waals surface area (Å²) in [6.07, 6.45) is 1.50. The summed E-state index contributed by atoms with van der Waals surface area (Å²) < 4.78 is 35.4. The van der Waals surface area contributed by atoms with Crippen molar-refractivity contribution in [2.45, 2.75) is 25.4 Å². The van der Waals surface area contributed by atoms with Gasteiger partial charge in [0.15, 0.2) is 5.69 Å². The number of imidazole rings is 1. The third-order valence-electron chi connectivity index (χ3n) is 6.75. The summed E-state index contributed by atoms with van der Waals surface area (Å²) in [5, 5.41) is 12.0. The number of anilines is 1. The van der Waals surface area contributed by atoms with Crippen LogP contribution in [0, 0.1) is 23.0 Å². The van der Waals surface area contributed by atoms with Crippen LogP contribution >= 0.6 is 11.6 Å². The van der Waals surface area contributed by atoms with E-state index >= 15 is 4.39 Å². The molecule has 0 saturated heterocycles. The van der Waals surface area contributed by atoms with E-state index in [0.717, 1.165) is 0 Å². The van der Waals surface area contributed by atoms with Gasteiger partial charge in [-0.2, -0.15) is 10.2 Å². The summed E-state index contributed by atoms with van der Waals surface area (Å²) in [5.74, 6) is -1.13. The molecule has 1 aliphatic heterocycles. The summed E-state index contributed by atoms with van der Waals surface area (Å²) in [5.41, 5.74) is -0.0483. The highest BCUT2D eigenvalue weighted by Gasteiger charge is 2.49. The number of nitrogens with zero attached hydrogens (tertiary/aromatic N) is 5. The van der Waals surface area contributed by atoms with Crippen molar-refractivity contribution in [3.8, 4) is 23.3 Å². The van der Waals surface area contributed by atoms with E-state index in [9.17, 15) is 14.4 Å². The molecule has 3 heterocycles. The normalized spacial score (nSPS) is 14.8. The van der Waals surface area contributed by atoms with Crippen molar-refractivity contribution in [2.75, 3.05) is 19.5 Å². The lowest BCUT2D eigenvalue weighted by molar-refractivity contribution is 0.0487. The van der Waals surface area contributed by atoms with Gasteiger partial charge in [0.25, 0.3) is 5.91 Å². The van der Waals surface area contributed by atoms with Crippen molar-refractivity contribution in [1.82, 2.24) is 24.8 Å². The van der Waals surface area contributed by atoms with E-state index in [-0.39, 0.29) is 33.5 Å². The van der Waals surface area contributed by atoms with Gasteiger partial charge in [-0.05, 0) is 37.6 Å². The first-order valence-corrected chi connectivity index (χ1v) is 12.2. The lowest BCUT2D eigenvalue weighted by atomic mass is 9.89. The number of hydrogen-bond acceptors (Lipinski definition) is 7. The largest absolute Gasteiger partial charge is 0.480 e. The van der Waals surface area contributed by atoms with E-state index in [2.05, 4.69) is 25.3 Å². The molecule has 1 amide bonds. The number of H-pyrrole nitrogens is 1. The van der Waals surface area contributed by atoms with Gasteiger partial charge in [-0.15, -0.1) is 0 Å². The molecule has 0 spiro atoms. The lowest BCUT2D eigenvalue weighted by Gasteiger charge is -2.40. The van der Waals surface area contributed by atoms with Gasteiger partial charge in [0.2, 0.25) is 11.8 Å². The number of hydrogen-bond donors (Lipinski definition) is 2. The Morgan fingerprint density at radius 3 is 2.67 bits per heavy atom. The molecule has 1 aliphatic rings. The van der Waals surface area contributed by atoms with Crippen molar-refractivity contribution < 1.29 is 18.3 Å². The average Bonchev–Trinajstić information content (AvgIpc) is 3.47. The lowest BCUT2D eigenvalue weighted by Crippen LogP contribution is -2.45. The second-order valence-corrected chi connectivity index (χ2v) is 9.71. The monoisotopic (exact) mass is 549 g/mol. The number of fused-ring (bicyclic) bond motifs is 1. The van der Waals surface area contributed by atoms with Crippen LogP contribution < -0.4 is 10.1 Å². The molecule has 0 bridgehead atoms. The number of nitrogens with one attached hydrogen (secondary N) is 2. The maximum Gasteiger partial charge on any atom is 0.276 e. The van der Waals surface area contributed by atoms with Gasteiger partial charge < -0.3 is 19.9 Å². The standard InChI is InChI=1S/C27H22ClF2N7O2/c1-27(2,16-6-5-7-17(28)19(16)30)37-22(13-8-9-14(11-31)18(29)10-13)20-21(25(37)38)35-23(34-20)15-12-33-26(32-3)36-24(15)39-4/h5-10,12,22H,1-4H3,(H,34,35)(H,32,33,36). The van der Waals surface area contributed by atoms with E-state index in [1.165, 1.54) is 36.4 Å². The molecule has 0 aliphatic carbocycles. The molecule has 2 aromatic carbocycles. The first-order chi connectivity index (χ1) is 18.6. The fourth-order valence-corrected chi connectivity index (χ4v) is 5.01. The Balaban J connectivity index is 1.70. The Hall–Kier alpha value is -4.56. The molecule has 1 atom stereocenters. The highest BCUT2D eigenvalue weighted by atomic mass is 35.5. The number of ether oxygens (including phenoxy) is 1. The highest BCUT2D eigenvalue weighted by Crippen LogP contribution is 2.47. The minimum atomic E-state index is -1.25. The number of carbonyl (C=O) groups excluding carboxylic acids is 1. The van der Waals surface area contributed by atoms with Gasteiger partial charge in [0, 0.05) is 18.8 Å². The molecule has 9 nitrogen and oxygen atoms in total. The molecule has 5 rings (SSSR count). The zero-order valence-corrected chi connectivity index (χ0v) is 22.1. The number of aromatic amines is 1. The smallest absolute Gasteiger partial charge is 0.276 e. The van der Waals surface area contributed by atoms with Gasteiger partial charge in [-0.1, -0.05) is 29.8 Å². The Kier molecular flexibility index (Phi) is 6.44. The zero-order valence-electron chi connectivity index (χ0n) is 21.3. The second kappa shape index (κ2) is 9.63. The number of methoxy groups -OCH3 is 1. The molecule has 2 aromatic heterocycles. The van der Waals surface area contributed by atoms with Crippen LogP contribution in [-0.2, 0) is 5.54 Å². The van der Waals surface area contributed by atoms with Gasteiger partial charge in [0.05, 0.1) is 34.5 Å². The van der Waals surface area contributed by atoms with Crippen molar-refractivity contribution in [3.05, 3.63) is 87.3 Å². The summed E-state index contributed by atoms with van der Waals surface area (Å²) >= 11 is 6.07. The molecule has 4 aromatic rings. The van der Waals surface area contributed by atoms with Gasteiger partial charge in [0.1, 0.15) is 29.6 Å². The fourth-order valence-electron chi connectivity index (χ4n) is 4.83. The van der Waals surface area contributed by atoms with Crippen molar-refractivity contribution in [2.24, 2.45) is 0 Å². The summed E-state index contributed by atoms with van der Waals surface area (Å²) in [4.78, 5) is 31.6. The predicted molar refractivity (Wildman–Crippen MR) is 139 cm³/mol. The van der Waals surface area contributed by atoms with Gasteiger partial charge >= 0.3 is 0 Å². The fraction of sp³-hybridized carbons (Fsp3) is 0.222. The van der Waals surface area contributed by atoms with Crippen LogP contribution in [0.4, 0.5) is 14.7 Å². The summed E-state index contributed by atoms with van der Waals surface area (Å²) in [6, 6.07) is 9.52. The summed E-state index contributed by atoms with van der Waals surface area (Å²) in [7, 11) is 3.11. The summed E-state index contributed by atoms with van der Waals surface area (Å²) in [6.45, 7) is 3.35. The number of nitriles is 1. The van der Waals surface area contributed by atoms with E-state index in [1.807, 2.05) is 0 Å². The second-order valence-electron chi connectivity index (χ2n) is 9.30. The molecule has 12 heteroatoms. The molecule has 0 fully saturated rings. The molecule has 2 N–H and O–H groups in total. The van der Waals surface area contributed by atoms with E-state index in [0.29, 0.717) is 22.8 Å². The maximum atomic E-state index is 15.2. The first-order valence-electron chi connectivity index (χ1n) is 11.8. The van der Waals surface area contributed by atoms with E-state index < -0.39 is 29.1 Å². The van der Waals surface area contributed by atoms with Crippen molar-refractivity contribution in [1.29, 1.82) is 5.26 Å². The SMILES string of the molecule is CNc1ncc(-c2nc3c([nH]2)C(c2ccc(C#N)c(F)c2)N(C(C)(C)c2cccc(Cl)c2F)C3=O)c(OC)n1. The van der Waals surface area contributed by atoms with Crippen LogP contribution in [0.15, 0.2) is 42.6 Å². The Bertz CT molecular complexity index is 1660. The van der Waals surface area contributed by atoms with E-state index in [1.54, 1.807) is 45.2 Å². The topological polar surface area (TPSA) is 120 Å². The molecule has 39 heavy (non-hydrogen) atoms. The Morgan fingerprint density at radius 1 is 1.23 bits per heavy atom. The van der Waals surface area contributed by atoms with Gasteiger partial charge in [-0.25, -0.2) is 18.7 Å². The van der Waals surface area contributed by atoms with Crippen LogP contribution in [0.25, 0.3) is 11.4 Å². The van der Waals surface area contributed by atoms with Gasteiger partial charge in [-0.3, -0.25) is 4.79 Å². The molecule has 0 saturated carbocycles. The third kappa shape index (κ3) is 4.13. The number of carbonyl (C=O) groups is 1. The molecular formula is C27H22ClF2N7O2. The van der Waals surface area contributed by atoms with Crippen LogP contribution in [-0.4, -0.2) is 44.9 Å². The molecular weight excluding hydrogens is 528 g/mol. The number of benzene rings is 2. The zero-order chi connectivity index (χ0) is 28.1. The number of halogens is 3. The molecule has 198 valence electrons. The van der Waals surface area contributed by atoms with Crippen LogP contribution in [0.1, 0.15) is 52.8 Å². The highest BCUT2D eigenvalue weighted by molar-refractivity contribution is 6.30. The van der Waals surface area contributed by atoms with Crippen LogP contribution in [0.2, 0.25) is 5.02 Å². The predicted octanol–water partition coefficient (Wildman–Crippen LogP) is 5.20. The number of rotatable bonds is 6. The first kappa shape index (κ1) is 26.1. The number of aromatic nitrogens is 4. The average molecular weight is 550 g/mol. The molecule has 1 unspecified atom stereocenters. The maximum absolute atomic E-state index is 15.2. The van der Waals surface area contributed by atoms with Crippen LogP contribution in [0.5, 0.6) is 5.88 Å². The Morgan fingerprint density at radius 2 is 2.00 bits per heavy atom. The minimum absolute atomic E-state index is 0.0648. The quantitative estimate of drug-likeness (QED) is 0.339. The third-order valence-corrected chi connectivity index (χ3v) is 7.04. The Labute approximate surface area is 227 Å². The van der Waals surface area contributed by atoms with E-state index in [4.69, 9.17) is 16.3 Å². The minimum Gasteiger partial charge on any atom is -0.480 e. The van der Waals surface area contributed by atoms with Crippen LogP contribution in [0.3, 0.4) is 0 Å².